The number of aliphatic hydroxyl groups is 1. The number of unbranched alkanes of at least 4 members (excludes halogenated alkanes) is 1. The maximum absolute atomic E-state index is 13.0. The zero-order valence-corrected chi connectivity index (χ0v) is 20.6. The molecule has 0 aliphatic rings. The maximum Gasteiger partial charge on any atom is 0.326 e. The molecular weight excluding hydrogens is 454 g/mol. The summed E-state index contributed by atoms with van der Waals surface area (Å²) in [7, 11) is 0. The number of amides is 3. The van der Waals surface area contributed by atoms with Crippen molar-refractivity contribution in [2.24, 2.45) is 17.4 Å². The second-order valence-corrected chi connectivity index (χ2v) is 8.94. The van der Waals surface area contributed by atoms with Crippen molar-refractivity contribution < 1.29 is 29.4 Å². The third-order valence-corrected chi connectivity index (χ3v) is 5.51. The second kappa shape index (κ2) is 15.1. The molecule has 0 bridgehead atoms. The molecule has 0 fully saturated rings. The molecule has 9 N–H and O–H groups in total. The van der Waals surface area contributed by atoms with Gasteiger partial charge < -0.3 is 37.6 Å². The molecule has 11 nitrogen and oxygen atoms in total. The highest BCUT2D eigenvalue weighted by Crippen LogP contribution is 2.08. The van der Waals surface area contributed by atoms with Crippen LogP contribution in [0.3, 0.4) is 0 Å². The number of nitrogens with one attached hydrogen (secondary N) is 3. The Labute approximate surface area is 206 Å². The van der Waals surface area contributed by atoms with E-state index in [1.165, 1.54) is 6.92 Å². The molecule has 1 rings (SSSR count). The third-order valence-electron chi connectivity index (χ3n) is 5.51. The van der Waals surface area contributed by atoms with E-state index in [2.05, 4.69) is 16.0 Å². The molecule has 1 aromatic rings. The SMILES string of the molecule is CC(C)C(NC(=O)C(N)Cc1ccccc1)C(=O)NC(C(=O)NC(CCCCN)C(=O)O)C(C)O. The quantitative estimate of drug-likeness (QED) is 0.155. The molecule has 0 radical (unpaired) electrons. The highest BCUT2D eigenvalue weighted by molar-refractivity contribution is 5.94. The minimum absolute atomic E-state index is 0.155. The van der Waals surface area contributed by atoms with E-state index in [-0.39, 0.29) is 18.8 Å². The molecule has 0 aliphatic carbocycles. The van der Waals surface area contributed by atoms with Crippen LogP contribution < -0.4 is 27.4 Å². The van der Waals surface area contributed by atoms with Gasteiger partial charge in [-0.2, -0.15) is 0 Å². The van der Waals surface area contributed by atoms with Gasteiger partial charge in [-0.1, -0.05) is 44.2 Å². The van der Waals surface area contributed by atoms with E-state index >= 15 is 0 Å². The molecule has 0 heterocycles. The largest absolute Gasteiger partial charge is 0.480 e. The van der Waals surface area contributed by atoms with Crippen molar-refractivity contribution in [1.29, 1.82) is 0 Å². The number of aliphatic hydroxyl groups excluding tert-OH is 1. The molecule has 0 spiro atoms. The Balaban J connectivity index is 2.85. The highest BCUT2D eigenvalue weighted by atomic mass is 16.4. The van der Waals surface area contributed by atoms with E-state index < -0.39 is 54.0 Å². The van der Waals surface area contributed by atoms with Gasteiger partial charge in [0.2, 0.25) is 17.7 Å². The molecule has 5 atom stereocenters. The molecule has 11 heteroatoms. The van der Waals surface area contributed by atoms with Gasteiger partial charge in [-0.3, -0.25) is 14.4 Å². The summed E-state index contributed by atoms with van der Waals surface area (Å²) in [4.78, 5) is 49.8. The van der Waals surface area contributed by atoms with E-state index in [0.29, 0.717) is 19.4 Å². The summed E-state index contributed by atoms with van der Waals surface area (Å²) in [5.74, 6) is -3.67. The summed E-state index contributed by atoms with van der Waals surface area (Å²) < 4.78 is 0. The summed E-state index contributed by atoms with van der Waals surface area (Å²) in [5, 5.41) is 26.9. The first-order valence-electron chi connectivity index (χ1n) is 11.8. The van der Waals surface area contributed by atoms with Crippen LogP contribution in [0.25, 0.3) is 0 Å². The Morgan fingerprint density at radius 2 is 1.46 bits per heavy atom. The predicted octanol–water partition coefficient (Wildman–Crippen LogP) is -0.739. The van der Waals surface area contributed by atoms with Gasteiger partial charge in [-0.15, -0.1) is 0 Å². The highest BCUT2D eigenvalue weighted by Gasteiger charge is 2.33. The van der Waals surface area contributed by atoms with Crippen molar-refractivity contribution in [3.05, 3.63) is 35.9 Å². The van der Waals surface area contributed by atoms with Crippen molar-refractivity contribution in [2.45, 2.75) is 76.7 Å². The Morgan fingerprint density at radius 1 is 0.886 bits per heavy atom. The van der Waals surface area contributed by atoms with E-state index in [9.17, 15) is 29.4 Å². The molecule has 0 aliphatic heterocycles. The topological polar surface area (TPSA) is 197 Å². The Kier molecular flexibility index (Phi) is 12.9. The summed E-state index contributed by atoms with van der Waals surface area (Å²) >= 11 is 0. The van der Waals surface area contributed by atoms with Gasteiger partial charge >= 0.3 is 5.97 Å². The fourth-order valence-corrected chi connectivity index (χ4v) is 3.42. The van der Waals surface area contributed by atoms with Crippen LogP contribution in [0.2, 0.25) is 0 Å². The molecule has 0 saturated carbocycles. The standard InChI is InChI=1S/C24H39N5O6/c1-14(2)19(28-21(31)17(26)13-16-9-5-4-6-10-16)22(32)29-20(15(3)30)23(33)27-18(24(34)35)11-7-8-12-25/h4-6,9-10,14-15,17-20,30H,7-8,11-13,25-26H2,1-3H3,(H,27,33)(H,28,31)(H,29,32)(H,34,35). The molecule has 0 saturated heterocycles. The lowest BCUT2D eigenvalue weighted by Crippen LogP contribution is -2.60. The van der Waals surface area contributed by atoms with Crippen LogP contribution in [0.1, 0.15) is 45.6 Å². The number of rotatable bonds is 15. The summed E-state index contributed by atoms with van der Waals surface area (Å²) in [6.07, 6.45) is 0.199. The normalized spacial score (nSPS) is 15.4. The number of carbonyl (C=O) groups is 4. The van der Waals surface area contributed by atoms with Gasteiger partial charge in [0.1, 0.15) is 18.1 Å². The first-order valence-corrected chi connectivity index (χ1v) is 11.8. The van der Waals surface area contributed by atoms with Crippen molar-refractivity contribution >= 4 is 23.7 Å². The average Bonchev–Trinajstić information content (AvgIpc) is 2.79. The zero-order chi connectivity index (χ0) is 26.5. The first kappa shape index (κ1) is 30.0. The number of hydrogen-bond acceptors (Lipinski definition) is 7. The Hall–Kier alpha value is -3.02. The fourth-order valence-electron chi connectivity index (χ4n) is 3.42. The minimum Gasteiger partial charge on any atom is -0.480 e. The third kappa shape index (κ3) is 10.4. The van der Waals surface area contributed by atoms with Crippen LogP contribution >= 0.6 is 0 Å². The molecule has 5 unspecified atom stereocenters. The Morgan fingerprint density at radius 3 is 1.97 bits per heavy atom. The zero-order valence-electron chi connectivity index (χ0n) is 20.6. The minimum atomic E-state index is -1.42. The van der Waals surface area contributed by atoms with Crippen LogP contribution in [0.4, 0.5) is 0 Å². The van der Waals surface area contributed by atoms with Gasteiger partial charge in [0.05, 0.1) is 12.1 Å². The Bertz CT molecular complexity index is 833. The second-order valence-electron chi connectivity index (χ2n) is 8.94. The van der Waals surface area contributed by atoms with Crippen molar-refractivity contribution in [1.82, 2.24) is 16.0 Å². The summed E-state index contributed by atoms with van der Waals surface area (Å²) in [6, 6.07) is 4.65. The molecule has 1 aromatic carbocycles. The van der Waals surface area contributed by atoms with E-state index in [1.807, 2.05) is 30.3 Å². The number of aliphatic carboxylic acids is 1. The van der Waals surface area contributed by atoms with Gasteiger partial charge in [-0.05, 0) is 50.6 Å². The van der Waals surface area contributed by atoms with Crippen molar-refractivity contribution in [3.63, 3.8) is 0 Å². The molecule has 196 valence electrons. The predicted molar refractivity (Wildman–Crippen MR) is 131 cm³/mol. The molecule has 0 aromatic heterocycles. The lowest BCUT2D eigenvalue weighted by Gasteiger charge is -2.28. The number of carboxylic acids is 1. The van der Waals surface area contributed by atoms with E-state index in [1.54, 1.807) is 13.8 Å². The van der Waals surface area contributed by atoms with Crippen LogP contribution in [0.15, 0.2) is 30.3 Å². The molecule has 35 heavy (non-hydrogen) atoms. The summed E-state index contributed by atoms with van der Waals surface area (Å²) in [5.41, 5.74) is 12.3. The van der Waals surface area contributed by atoms with Crippen LogP contribution in [-0.4, -0.2) is 70.7 Å². The number of benzene rings is 1. The lowest BCUT2D eigenvalue weighted by molar-refractivity contribution is -0.143. The van der Waals surface area contributed by atoms with Gasteiger partial charge in [0.25, 0.3) is 0 Å². The molecule has 3 amide bonds. The smallest absolute Gasteiger partial charge is 0.326 e. The van der Waals surface area contributed by atoms with Crippen LogP contribution in [-0.2, 0) is 25.6 Å². The maximum atomic E-state index is 13.0. The average molecular weight is 494 g/mol. The van der Waals surface area contributed by atoms with Crippen LogP contribution in [0.5, 0.6) is 0 Å². The lowest BCUT2D eigenvalue weighted by atomic mass is 10.0. The van der Waals surface area contributed by atoms with Gasteiger partial charge in [-0.25, -0.2) is 4.79 Å². The van der Waals surface area contributed by atoms with E-state index in [0.717, 1.165) is 5.56 Å². The van der Waals surface area contributed by atoms with Gasteiger partial charge in [0, 0.05) is 0 Å². The van der Waals surface area contributed by atoms with E-state index in [4.69, 9.17) is 11.5 Å². The summed E-state index contributed by atoms with van der Waals surface area (Å²) in [6.45, 7) is 5.11. The first-order chi connectivity index (χ1) is 16.5. The number of nitrogens with two attached hydrogens (primary N) is 2. The van der Waals surface area contributed by atoms with Crippen LogP contribution in [0, 0.1) is 5.92 Å². The number of carboxylic acid groups (broad SMARTS) is 1. The monoisotopic (exact) mass is 493 g/mol. The number of carbonyl (C=O) groups excluding carboxylic acids is 3. The fraction of sp³-hybridized carbons (Fsp3) is 0.583. The number of hydrogen-bond donors (Lipinski definition) is 7. The van der Waals surface area contributed by atoms with Gasteiger partial charge in [0.15, 0.2) is 0 Å². The van der Waals surface area contributed by atoms with Crippen molar-refractivity contribution in [2.75, 3.05) is 6.54 Å². The molecular formula is C24H39N5O6. The van der Waals surface area contributed by atoms with Crippen molar-refractivity contribution in [3.8, 4) is 0 Å².